The van der Waals surface area contributed by atoms with Gasteiger partial charge in [-0.1, -0.05) is 5.16 Å². The van der Waals surface area contributed by atoms with E-state index in [1.54, 1.807) is 0 Å². The Hall–Kier alpha value is -2.36. The van der Waals surface area contributed by atoms with Crippen LogP contribution in [0.15, 0.2) is 10.6 Å². The minimum absolute atomic E-state index is 0.0853. The van der Waals surface area contributed by atoms with Crippen LogP contribution in [0.4, 0.5) is 0 Å². The van der Waals surface area contributed by atoms with Crippen LogP contribution in [0.2, 0.25) is 0 Å². The molecule has 1 heterocycles. The molecule has 0 spiro atoms. The fraction of sp³-hybridized carbons (Fsp3) is 0.333. The molecule has 0 saturated heterocycles. The summed E-state index contributed by atoms with van der Waals surface area (Å²) in [6, 6.07) is 2.95. The quantitative estimate of drug-likeness (QED) is 0.789. The van der Waals surface area contributed by atoms with Crippen LogP contribution in [0.3, 0.4) is 0 Å². The third-order valence-electron chi connectivity index (χ3n) is 1.85. The van der Waals surface area contributed by atoms with Crippen molar-refractivity contribution in [2.24, 2.45) is 0 Å². The van der Waals surface area contributed by atoms with Gasteiger partial charge in [0.1, 0.15) is 0 Å². The topological polar surface area (TPSA) is 107 Å². The minimum Gasteiger partial charge on any atom is -0.475 e. The molecule has 7 nitrogen and oxygen atoms in total. The third kappa shape index (κ3) is 2.57. The fourth-order valence-electron chi connectivity index (χ4n) is 0.992. The molecule has 0 unspecified atom stereocenters. The number of nitrogens with zero attached hydrogens (tertiary/aromatic N) is 3. The number of hydrogen-bond acceptors (Lipinski definition) is 5. The van der Waals surface area contributed by atoms with Crippen LogP contribution in [-0.2, 0) is 0 Å². The van der Waals surface area contributed by atoms with Crippen molar-refractivity contribution in [1.82, 2.24) is 10.1 Å². The number of aromatic nitrogens is 1. The monoisotopic (exact) mass is 223 g/mol. The second-order valence-electron chi connectivity index (χ2n) is 3.02. The van der Waals surface area contributed by atoms with Crippen molar-refractivity contribution in [2.75, 3.05) is 13.6 Å². The van der Waals surface area contributed by atoms with Gasteiger partial charge in [-0.2, -0.15) is 5.26 Å². The van der Waals surface area contributed by atoms with Crippen molar-refractivity contribution < 1.29 is 19.2 Å². The smallest absolute Gasteiger partial charge is 0.374 e. The van der Waals surface area contributed by atoms with E-state index in [1.165, 1.54) is 11.9 Å². The number of amides is 1. The lowest BCUT2D eigenvalue weighted by atomic mass is 10.3. The van der Waals surface area contributed by atoms with E-state index < -0.39 is 17.6 Å². The maximum Gasteiger partial charge on any atom is 0.374 e. The van der Waals surface area contributed by atoms with E-state index in [-0.39, 0.29) is 18.7 Å². The van der Waals surface area contributed by atoms with E-state index in [1.807, 2.05) is 6.07 Å². The number of rotatable bonds is 4. The molecule has 84 valence electrons. The van der Waals surface area contributed by atoms with Crippen LogP contribution >= 0.6 is 0 Å². The van der Waals surface area contributed by atoms with E-state index in [2.05, 4.69) is 9.68 Å². The average Bonchev–Trinajstić information content (AvgIpc) is 2.74. The predicted molar refractivity (Wildman–Crippen MR) is 50.7 cm³/mol. The summed E-state index contributed by atoms with van der Waals surface area (Å²) in [5.41, 5.74) is -0.0853. The van der Waals surface area contributed by atoms with Gasteiger partial charge in [0.15, 0.2) is 5.69 Å². The lowest BCUT2D eigenvalue weighted by Crippen LogP contribution is -2.27. The molecule has 0 aliphatic heterocycles. The molecule has 0 bridgehead atoms. The highest BCUT2D eigenvalue weighted by Crippen LogP contribution is 2.06. The number of carboxylic acid groups (broad SMARTS) is 1. The molecule has 1 aromatic heterocycles. The zero-order chi connectivity index (χ0) is 12.1. The van der Waals surface area contributed by atoms with Crippen LogP contribution in [0.1, 0.15) is 27.5 Å². The number of carboxylic acids is 1. The maximum atomic E-state index is 11.6. The predicted octanol–water partition coefficient (Wildman–Crippen LogP) is 0.358. The molecule has 7 heteroatoms. The fourth-order valence-corrected chi connectivity index (χ4v) is 0.992. The molecule has 0 atom stereocenters. The second kappa shape index (κ2) is 4.93. The number of nitriles is 1. The highest BCUT2D eigenvalue weighted by molar-refractivity contribution is 5.94. The average molecular weight is 223 g/mol. The van der Waals surface area contributed by atoms with Gasteiger partial charge in [-0.3, -0.25) is 4.79 Å². The van der Waals surface area contributed by atoms with Crippen LogP contribution in [0, 0.1) is 11.3 Å². The molecule has 0 aliphatic carbocycles. The van der Waals surface area contributed by atoms with Crippen molar-refractivity contribution in [3.05, 3.63) is 17.5 Å². The van der Waals surface area contributed by atoms with E-state index in [9.17, 15) is 9.59 Å². The Morgan fingerprint density at radius 2 is 2.38 bits per heavy atom. The van der Waals surface area contributed by atoms with Crippen molar-refractivity contribution >= 4 is 11.9 Å². The van der Waals surface area contributed by atoms with E-state index >= 15 is 0 Å². The number of hydrogen-bond donors (Lipinski definition) is 1. The Balaban J connectivity index is 2.73. The number of carbonyl (C=O) groups is 2. The molecule has 0 aromatic carbocycles. The molecular formula is C9H9N3O4. The van der Waals surface area contributed by atoms with Crippen molar-refractivity contribution in [1.29, 1.82) is 5.26 Å². The highest BCUT2D eigenvalue weighted by atomic mass is 16.5. The molecule has 1 aromatic rings. The molecule has 1 amide bonds. The van der Waals surface area contributed by atoms with Gasteiger partial charge in [0, 0.05) is 19.7 Å². The van der Waals surface area contributed by atoms with E-state index in [0.717, 1.165) is 6.07 Å². The lowest BCUT2D eigenvalue weighted by molar-refractivity contribution is 0.0649. The summed E-state index contributed by atoms with van der Waals surface area (Å²) in [5.74, 6) is -2.16. The van der Waals surface area contributed by atoms with Gasteiger partial charge in [-0.15, -0.1) is 0 Å². The zero-order valence-electron chi connectivity index (χ0n) is 8.51. The van der Waals surface area contributed by atoms with Gasteiger partial charge in [0.05, 0.1) is 12.5 Å². The highest BCUT2D eigenvalue weighted by Gasteiger charge is 2.19. The molecule has 0 saturated carbocycles. The summed E-state index contributed by atoms with van der Waals surface area (Å²) in [6.45, 7) is 0.255. The minimum atomic E-state index is -1.29. The molecule has 1 N–H and O–H groups in total. The second-order valence-corrected chi connectivity index (χ2v) is 3.02. The van der Waals surface area contributed by atoms with Crippen LogP contribution < -0.4 is 0 Å². The molecule has 0 radical (unpaired) electrons. The standard InChI is InChI=1S/C9H9N3O4/c1-12(4-2-3-10)8(13)6-5-7(9(14)15)16-11-6/h5H,2,4H2,1H3,(H,14,15). The van der Waals surface area contributed by atoms with Gasteiger partial charge >= 0.3 is 5.97 Å². The summed E-state index contributed by atoms with van der Waals surface area (Å²) >= 11 is 0. The third-order valence-corrected chi connectivity index (χ3v) is 1.85. The first-order valence-corrected chi connectivity index (χ1v) is 4.38. The van der Waals surface area contributed by atoms with Gasteiger partial charge < -0.3 is 14.5 Å². The zero-order valence-corrected chi connectivity index (χ0v) is 8.51. The summed E-state index contributed by atoms with van der Waals surface area (Å²) < 4.78 is 4.44. The van der Waals surface area contributed by atoms with Crippen molar-refractivity contribution in [3.8, 4) is 6.07 Å². The summed E-state index contributed by atoms with van der Waals surface area (Å²) in [6.07, 6.45) is 0.200. The molecule has 0 aliphatic rings. The van der Waals surface area contributed by atoms with Gasteiger partial charge in [-0.05, 0) is 0 Å². The van der Waals surface area contributed by atoms with Crippen LogP contribution in [0.25, 0.3) is 0 Å². The summed E-state index contributed by atoms with van der Waals surface area (Å²) in [7, 11) is 1.49. The molecule has 16 heavy (non-hydrogen) atoms. The van der Waals surface area contributed by atoms with Gasteiger partial charge in [0.2, 0.25) is 5.76 Å². The van der Waals surface area contributed by atoms with Crippen molar-refractivity contribution in [2.45, 2.75) is 6.42 Å². The largest absolute Gasteiger partial charge is 0.475 e. The molecule has 1 rings (SSSR count). The number of carbonyl (C=O) groups excluding carboxylic acids is 1. The van der Waals surface area contributed by atoms with Crippen LogP contribution in [-0.4, -0.2) is 40.6 Å². The lowest BCUT2D eigenvalue weighted by Gasteiger charge is -2.12. The normalized spacial score (nSPS) is 9.50. The molecular weight excluding hydrogens is 214 g/mol. The Labute approximate surface area is 90.9 Å². The Bertz CT molecular complexity index is 446. The molecule has 0 fully saturated rings. The SMILES string of the molecule is CN(CCC#N)C(=O)c1cc(C(=O)O)on1. The van der Waals surface area contributed by atoms with Crippen LogP contribution in [0.5, 0.6) is 0 Å². The van der Waals surface area contributed by atoms with E-state index in [0.29, 0.717) is 0 Å². The maximum absolute atomic E-state index is 11.6. The first kappa shape index (κ1) is 11.7. The Morgan fingerprint density at radius 1 is 1.69 bits per heavy atom. The van der Waals surface area contributed by atoms with Crippen molar-refractivity contribution in [3.63, 3.8) is 0 Å². The first-order valence-electron chi connectivity index (χ1n) is 4.38. The number of aromatic carboxylic acids is 1. The first-order chi connectivity index (χ1) is 7.56. The van der Waals surface area contributed by atoms with E-state index in [4.69, 9.17) is 10.4 Å². The Kier molecular flexibility index (Phi) is 3.61. The Morgan fingerprint density at radius 3 is 2.88 bits per heavy atom. The summed E-state index contributed by atoms with van der Waals surface area (Å²) in [5, 5.41) is 20.2. The van der Waals surface area contributed by atoms with Gasteiger partial charge in [-0.25, -0.2) is 4.79 Å². The van der Waals surface area contributed by atoms with Gasteiger partial charge in [0.25, 0.3) is 5.91 Å². The summed E-state index contributed by atoms with van der Waals surface area (Å²) in [4.78, 5) is 23.3.